The van der Waals surface area contributed by atoms with E-state index in [9.17, 15) is 4.79 Å². The summed E-state index contributed by atoms with van der Waals surface area (Å²) in [5, 5.41) is 6.62. The van der Waals surface area contributed by atoms with E-state index >= 15 is 0 Å². The van der Waals surface area contributed by atoms with Gasteiger partial charge in [-0.05, 0) is 57.9 Å². The van der Waals surface area contributed by atoms with Gasteiger partial charge in [0, 0.05) is 31.7 Å². The lowest BCUT2D eigenvalue weighted by Gasteiger charge is -2.42. The van der Waals surface area contributed by atoms with E-state index < -0.39 is 0 Å². The van der Waals surface area contributed by atoms with Gasteiger partial charge >= 0.3 is 0 Å². The van der Waals surface area contributed by atoms with Gasteiger partial charge < -0.3 is 15.4 Å². The Labute approximate surface area is 135 Å². The normalized spacial score (nSPS) is 27.3. The van der Waals surface area contributed by atoms with Crippen LogP contribution in [0.4, 0.5) is 0 Å². The van der Waals surface area contributed by atoms with Gasteiger partial charge in [-0.25, -0.2) is 0 Å². The molecular weight excluding hydrogens is 288 g/mol. The zero-order valence-corrected chi connectivity index (χ0v) is 14.3. The fraction of sp³-hybridized carbons (Fsp3) is 0.938. The predicted octanol–water partition coefficient (Wildman–Crippen LogP) is 2.51. The number of hydrogen-bond donors (Lipinski definition) is 2. The van der Waals surface area contributed by atoms with Crippen molar-refractivity contribution in [1.29, 1.82) is 0 Å². The van der Waals surface area contributed by atoms with E-state index in [0.717, 1.165) is 45.6 Å². The van der Waals surface area contributed by atoms with E-state index in [0.29, 0.717) is 11.5 Å². The van der Waals surface area contributed by atoms with Crippen LogP contribution in [0.3, 0.4) is 0 Å². The Morgan fingerprint density at radius 2 is 2.19 bits per heavy atom. The number of carbonyl (C=O) groups excluding carboxylic acids is 1. The van der Waals surface area contributed by atoms with Crippen molar-refractivity contribution < 1.29 is 9.53 Å². The van der Waals surface area contributed by atoms with Gasteiger partial charge in [0.1, 0.15) is 0 Å². The number of ether oxygens (including phenoxy) is 1. The molecule has 0 spiro atoms. The van der Waals surface area contributed by atoms with E-state index in [1.54, 1.807) is 0 Å². The Balaban J connectivity index is 0.00000220. The Hall–Kier alpha value is -0.320. The molecule has 2 N–H and O–H groups in total. The van der Waals surface area contributed by atoms with Gasteiger partial charge in [0.15, 0.2) is 0 Å². The summed E-state index contributed by atoms with van der Waals surface area (Å²) < 4.78 is 5.48. The molecule has 0 aromatic rings. The molecule has 1 aliphatic carbocycles. The Morgan fingerprint density at radius 1 is 1.43 bits per heavy atom. The highest BCUT2D eigenvalue weighted by Gasteiger charge is 2.37. The summed E-state index contributed by atoms with van der Waals surface area (Å²) in [5.41, 5.74) is 0.323. The third-order valence-corrected chi connectivity index (χ3v) is 5.03. The lowest BCUT2D eigenvalue weighted by molar-refractivity contribution is -0.127. The van der Waals surface area contributed by atoms with Crippen molar-refractivity contribution in [3.05, 3.63) is 0 Å². The molecule has 2 atom stereocenters. The summed E-state index contributed by atoms with van der Waals surface area (Å²) in [7, 11) is 0. The molecule has 1 saturated heterocycles. The van der Waals surface area contributed by atoms with Crippen LogP contribution >= 0.6 is 12.4 Å². The number of nitrogens with one attached hydrogen (secondary N) is 2. The van der Waals surface area contributed by atoms with Crippen LogP contribution in [0.1, 0.15) is 52.4 Å². The highest BCUT2D eigenvalue weighted by Crippen LogP contribution is 2.43. The van der Waals surface area contributed by atoms with Crippen LogP contribution in [0.15, 0.2) is 0 Å². The monoisotopic (exact) mass is 318 g/mol. The Morgan fingerprint density at radius 3 is 2.76 bits per heavy atom. The Bertz CT molecular complexity index is 321. The molecule has 2 aliphatic rings. The summed E-state index contributed by atoms with van der Waals surface area (Å²) in [6.45, 7) is 7.63. The molecule has 0 aromatic heterocycles. The first-order chi connectivity index (χ1) is 9.65. The van der Waals surface area contributed by atoms with Crippen molar-refractivity contribution >= 4 is 18.3 Å². The molecule has 4 nitrogen and oxygen atoms in total. The minimum atomic E-state index is 0. The van der Waals surface area contributed by atoms with Crippen LogP contribution in [0.5, 0.6) is 0 Å². The summed E-state index contributed by atoms with van der Waals surface area (Å²) in [5.74, 6) is 0.469. The van der Waals surface area contributed by atoms with Gasteiger partial charge in [0.05, 0.1) is 0 Å². The smallest absolute Gasteiger partial charge is 0.223 e. The van der Waals surface area contributed by atoms with Crippen molar-refractivity contribution in [3.8, 4) is 0 Å². The fourth-order valence-electron chi connectivity index (χ4n) is 3.41. The third kappa shape index (κ3) is 5.42. The summed E-state index contributed by atoms with van der Waals surface area (Å²) in [6, 6.07) is 0.468. The maximum Gasteiger partial charge on any atom is 0.223 e. The average molecular weight is 319 g/mol. The van der Waals surface area contributed by atoms with Gasteiger partial charge in [-0.2, -0.15) is 0 Å². The van der Waals surface area contributed by atoms with Crippen molar-refractivity contribution in [1.82, 2.24) is 10.6 Å². The van der Waals surface area contributed by atoms with E-state index in [4.69, 9.17) is 4.74 Å². The molecule has 5 heteroatoms. The van der Waals surface area contributed by atoms with Gasteiger partial charge in [-0.1, -0.05) is 6.42 Å². The highest BCUT2D eigenvalue weighted by molar-refractivity contribution is 5.85. The fourth-order valence-corrected chi connectivity index (χ4v) is 3.41. The van der Waals surface area contributed by atoms with Crippen LogP contribution in [0, 0.1) is 11.3 Å². The number of rotatable bonds is 7. The van der Waals surface area contributed by atoms with Gasteiger partial charge in [-0.15, -0.1) is 12.4 Å². The first-order valence-corrected chi connectivity index (χ1v) is 8.24. The SMILES string of the molecule is CCOCCC1(CNC(=O)[C@H]2CCN[C@@H](C)C2)CCC1.Cl. The highest BCUT2D eigenvalue weighted by atomic mass is 35.5. The largest absolute Gasteiger partial charge is 0.382 e. The molecule has 0 aromatic carbocycles. The Kier molecular flexibility index (Phi) is 7.99. The maximum absolute atomic E-state index is 12.3. The van der Waals surface area contributed by atoms with Crippen LogP contribution in [0.2, 0.25) is 0 Å². The predicted molar refractivity (Wildman–Crippen MR) is 87.8 cm³/mol. The first-order valence-electron chi connectivity index (χ1n) is 8.24. The zero-order chi connectivity index (χ0) is 14.4. The van der Waals surface area contributed by atoms with Crippen molar-refractivity contribution in [2.45, 2.75) is 58.4 Å². The second-order valence-electron chi connectivity index (χ2n) is 6.59. The molecule has 124 valence electrons. The molecule has 2 fully saturated rings. The van der Waals surface area contributed by atoms with Gasteiger partial charge in [0.25, 0.3) is 0 Å². The molecule has 21 heavy (non-hydrogen) atoms. The standard InChI is InChI=1S/C16H30N2O2.ClH/c1-3-20-10-8-16(6-4-7-16)12-18-15(19)14-5-9-17-13(2)11-14;/h13-14,17H,3-12H2,1-2H3,(H,18,19);1H/t13-,14-;/m0./s1. The lowest BCUT2D eigenvalue weighted by Crippen LogP contribution is -2.47. The molecule has 1 aliphatic heterocycles. The van der Waals surface area contributed by atoms with E-state index in [2.05, 4.69) is 17.6 Å². The molecule has 0 bridgehead atoms. The van der Waals surface area contributed by atoms with E-state index in [1.165, 1.54) is 19.3 Å². The van der Waals surface area contributed by atoms with Gasteiger partial charge in [-0.3, -0.25) is 4.79 Å². The summed E-state index contributed by atoms with van der Waals surface area (Å²) in [6.07, 6.45) is 6.81. The number of carbonyl (C=O) groups is 1. The molecular formula is C16H31ClN2O2. The van der Waals surface area contributed by atoms with Crippen molar-refractivity contribution in [3.63, 3.8) is 0 Å². The minimum Gasteiger partial charge on any atom is -0.382 e. The molecule has 0 unspecified atom stereocenters. The van der Waals surface area contributed by atoms with Gasteiger partial charge in [0.2, 0.25) is 5.91 Å². The van der Waals surface area contributed by atoms with Crippen LogP contribution in [-0.4, -0.2) is 38.3 Å². The third-order valence-electron chi connectivity index (χ3n) is 5.03. The lowest BCUT2D eigenvalue weighted by atomic mass is 9.66. The number of piperidine rings is 1. The second-order valence-corrected chi connectivity index (χ2v) is 6.59. The number of hydrogen-bond acceptors (Lipinski definition) is 3. The molecule has 1 heterocycles. The van der Waals surface area contributed by atoms with Crippen LogP contribution < -0.4 is 10.6 Å². The number of halogens is 1. The molecule has 0 radical (unpaired) electrons. The quantitative estimate of drug-likeness (QED) is 0.709. The van der Waals surface area contributed by atoms with E-state index in [-0.39, 0.29) is 24.2 Å². The van der Waals surface area contributed by atoms with Crippen LogP contribution in [0.25, 0.3) is 0 Å². The summed E-state index contributed by atoms with van der Waals surface area (Å²) >= 11 is 0. The maximum atomic E-state index is 12.3. The average Bonchev–Trinajstić information content (AvgIpc) is 2.40. The minimum absolute atomic E-state index is 0. The first kappa shape index (κ1) is 18.7. The van der Waals surface area contributed by atoms with E-state index in [1.807, 2.05) is 6.92 Å². The van der Waals surface area contributed by atoms with Crippen molar-refractivity contribution in [2.24, 2.45) is 11.3 Å². The summed E-state index contributed by atoms with van der Waals surface area (Å²) in [4.78, 5) is 12.3. The van der Waals surface area contributed by atoms with Crippen molar-refractivity contribution in [2.75, 3.05) is 26.3 Å². The van der Waals surface area contributed by atoms with Crippen LogP contribution in [-0.2, 0) is 9.53 Å². The topological polar surface area (TPSA) is 50.4 Å². The molecule has 2 rings (SSSR count). The second kappa shape index (κ2) is 8.96. The molecule has 1 saturated carbocycles. The number of amides is 1. The zero-order valence-electron chi connectivity index (χ0n) is 13.5. The molecule has 1 amide bonds.